The topological polar surface area (TPSA) is 12.0 Å². The van der Waals surface area contributed by atoms with Crippen LogP contribution in [0.5, 0.6) is 0 Å². The summed E-state index contributed by atoms with van der Waals surface area (Å²) in [5.41, 5.74) is 1.17. The number of halogens is 2. The van der Waals surface area contributed by atoms with E-state index in [-0.39, 0.29) is 6.42 Å². The molecule has 13 heavy (non-hydrogen) atoms. The first-order valence-electron chi connectivity index (χ1n) is 4.86. The van der Waals surface area contributed by atoms with E-state index in [0.717, 1.165) is 19.5 Å². The van der Waals surface area contributed by atoms with Crippen LogP contribution in [0.25, 0.3) is 0 Å². The van der Waals surface area contributed by atoms with Crippen LogP contribution in [0, 0.1) is 11.8 Å². The van der Waals surface area contributed by atoms with Crippen molar-refractivity contribution in [2.75, 3.05) is 13.1 Å². The molecule has 1 saturated carbocycles. The zero-order valence-electron chi connectivity index (χ0n) is 7.82. The maximum absolute atomic E-state index is 12.6. The predicted molar refractivity (Wildman–Crippen MR) is 47.8 cm³/mol. The van der Waals surface area contributed by atoms with E-state index < -0.39 is 11.8 Å². The van der Waals surface area contributed by atoms with Gasteiger partial charge in [0.05, 0.1) is 0 Å². The summed E-state index contributed by atoms with van der Waals surface area (Å²) in [7, 11) is 0. The maximum Gasteiger partial charge on any atom is 0.255 e. The minimum Gasteiger partial charge on any atom is -0.313 e. The van der Waals surface area contributed by atoms with Gasteiger partial charge < -0.3 is 5.32 Å². The molecule has 0 aromatic carbocycles. The van der Waals surface area contributed by atoms with Gasteiger partial charge in [0, 0.05) is 18.9 Å². The van der Waals surface area contributed by atoms with E-state index in [0.29, 0.717) is 5.92 Å². The van der Waals surface area contributed by atoms with E-state index in [2.05, 4.69) is 12.2 Å². The zero-order chi connectivity index (χ0) is 9.47. The van der Waals surface area contributed by atoms with E-state index >= 15 is 0 Å². The summed E-state index contributed by atoms with van der Waals surface area (Å²) < 4.78 is 25.2. The molecule has 3 heteroatoms. The van der Waals surface area contributed by atoms with Gasteiger partial charge in [0.25, 0.3) is 5.92 Å². The number of hydrogen-bond donors (Lipinski definition) is 1. The Kier molecular flexibility index (Phi) is 2.14. The number of nitrogens with one attached hydrogen (secondary N) is 1. The Morgan fingerprint density at radius 2 is 2.23 bits per heavy atom. The summed E-state index contributed by atoms with van der Waals surface area (Å²) in [6.45, 7) is 3.96. The molecule has 2 atom stereocenters. The van der Waals surface area contributed by atoms with Crippen molar-refractivity contribution >= 4 is 0 Å². The van der Waals surface area contributed by atoms with Crippen LogP contribution in [-0.2, 0) is 0 Å². The van der Waals surface area contributed by atoms with Crippen LogP contribution in [0.4, 0.5) is 8.78 Å². The van der Waals surface area contributed by atoms with Gasteiger partial charge in [-0.05, 0) is 18.9 Å². The van der Waals surface area contributed by atoms with Crippen LogP contribution in [-0.4, -0.2) is 19.0 Å². The number of hydrogen-bond acceptors (Lipinski definition) is 1. The standard InChI is InChI=1S/C10H15F2N/c1-7-2-8(6-13-5-7)3-9-4-10(9,11)12/h3,7,9,13H,2,4-6H2,1H3/b8-3-. The van der Waals surface area contributed by atoms with E-state index in [1.807, 2.05) is 0 Å². The van der Waals surface area contributed by atoms with Crippen molar-refractivity contribution in [1.29, 1.82) is 0 Å². The number of piperidine rings is 1. The fourth-order valence-corrected chi connectivity index (χ4v) is 1.90. The zero-order valence-corrected chi connectivity index (χ0v) is 7.82. The second-order valence-electron chi connectivity index (χ2n) is 4.34. The van der Waals surface area contributed by atoms with Gasteiger partial charge in [-0.2, -0.15) is 0 Å². The van der Waals surface area contributed by atoms with Gasteiger partial charge in [-0.1, -0.05) is 18.6 Å². The molecule has 2 rings (SSSR count). The SMILES string of the molecule is CC1CNC/C(=C\C2CC2(F)F)C1. The third-order valence-corrected chi connectivity index (χ3v) is 2.77. The lowest BCUT2D eigenvalue weighted by atomic mass is 9.96. The molecule has 0 aromatic heterocycles. The van der Waals surface area contributed by atoms with Crippen LogP contribution in [0.2, 0.25) is 0 Å². The van der Waals surface area contributed by atoms with Crippen LogP contribution in [0.15, 0.2) is 11.6 Å². The molecule has 1 aliphatic heterocycles. The summed E-state index contributed by atoms with van der Waals surface area (Å²) >= 11 is 0. The van der Waals surface area contributed by atoms with Gasteiger partial charge in [-0.15, -0.1) is 0 Å². The highest BCUT2D eigenvalue weighted by atomic mass is 19.3. The molecule has 74 valence electrons. The first-order chi connectivity index (χ1) is 6.08. The molecule has 1 N–H and O–H groups in total. The van der Waals surface area contributed by atoms with E-state index in [1.165, 1.54) is 5.57 Å². The lowest BCUT2D eigenvalue weighted by Gasteiger charge is -2.21. The number of allylic oxidation sites excluding steroid dienone is 1. The Morgan fingerprint density at radius 3 is 2.77 bits per heavy atom. The predicted octanol–water partition coefficient (Wildman–Crippen LogP) is 2.20. The van der Waals surface area contributed by atoms with Crippen molar-refractivity contribution in [2.24, 2.45) is 11.8 Å². The Morgan fingerprint density at radius 1 is 1.54 bits per heavy atom. The summed E-state index contributed by atoms with van der Waals surface area (Å²) in [4.78, 5) is 0. The van der Waals surface area contributed by atoms with Gasteiger partial charge in [0.2, 0.25) is 0 Å². The molecule has 1 aliphatic carbocycles. The fourth-order valence-electron chi connectivity index (χ4n) is 1.90. The van der Waals surface area contributed by atoms with E-state index in [1.54, 1.807) is 6.08 Å². The summed E-state index contributed by atoms with van der Waals surface area (Å²) in [5, 5.41) is 3.23. The Labute approximate surface area is 77.2 Å². The van der Waals surface area contributed by atoms with Crippen molar-refractivity contribution in [3.8, 4) is 0 Å². The molecule has 2 unspecified atom stereocenters. The first kappa shape index (κ1) is 9.13. The minimum atomic E-state index is -2.40. The average Bonchev–Trinajstić information content (AvgIpc) is 2.58. The molecule has 1 heterocycles. The van der Waals surface area contributed by atoms with Crippen molar-refractivity contribution < 1.29 is 8.78 Å². The van der Waals surface area contributed by atoms with Crippen LogP contribution >= 0.6 is 0 Å². The molecule has 2 aliphatic rings. The van der Waals surface area contributed by atoms with E-state index in [4.69, 9.17) is 0 Å². The third kappa shape index (κ3) is 2.08. The van der Waals surface area contributed by atoms with Crippen LogP contribution < -0.4 is 5.32 Å². The van der Waals surface area contributed by atoms with Gasteiger partial charge in [-0.3, -0.25) is 0 Å². The molecule has 0 radical (unpaired) electrons. The third-order valence-electron chi connectivity index (χ3n) is 2.77. The van der Waals surface area contributed by atoms with Crippen LogP contribution in [0.1, 0.15) is 19.8 Å². The highest BCUT2D eigenvalue weighted by molar-refractivity contribution is 5.17. The molecule has 2 fully saturated rings. The van der Waals surface area contributed by atoms with Gasteiger partial charge >= 0.3 is 0 Å². The quantitative estimate of drug-likeness (QED) is 0.620. The maximum atomic E-state index is 12.6. The Balaban J connectivity index is 1.93. The van der Waals surface area contributed by atoms with Gasteiger partial charge in [0.1, 0.15) is 0 Å². The fraction of sp³-hybridized carbons (Fsp3) is 0.800. The number of alkyl halides is 2. The van der Waals surface area contributed by atoms with Crippen molar-refractivity contribution in [1.82, 2.24) is 5.32 Å². The largest absolute Gasteiger partial charge is 0.313 e. The summed E-state index contributed by atoms with van der Waals surface area (Å²) in [6, 6.07) is 0. The average molecular weight is 187 g/mol. The highest BCUT2D eigenvalue weighted by Gasteiger charge is 2.55. The monoisotopic (exact) mass is 187 g/mol. The van der Waals surface area contributed by atoms with Gasteiger partial charge in [0.15, 0.2) is 0 Å². The Hall–Kier alpha value is -0.440. The summed E-state index contributed by atoms with van der Waals surface area (Å²) in [6.07, 6.45) is 2.83. The molecule has 0 bridgehead atoms. The van der Waals surface area contributed by atoms with Crippen molar-refractivity contribution in [3.05, 3.63) is 11.6 Å². The Bertz CT molecular complexity index is 235. The molecule has 0 amide bonds. The molecule has 0 spiro atoms. The second-order valence-corrected chi connectivity index (χ2v) is 4.34. The van der Waals surface area contributed by atoms with Gasteiger partial charge in [-0.25, -0.2) is 8.78 Å². The lowest BCUT2D eigenvalue weighted by molar-refractivity contribution is 0.107. The second kappa shape index (κ2) is 3.05. The molecule has 0 aromatic rings. The molecular weight excluding hydrogens is 172 g/mol. The molecular formula is C10H15F2N. The summed E-state index contributed by atoms with van der Waals surface area (Å²) in [5.74, 6) is -2.27. The number of rotatable bonds is 1. The van der Waals surface area contributed by atoms with Crippen molar-refractivity contribution in [2.45, 2.75) is 25.7 Å². The van der Waals surface area contributed by atoms with Crippen LogP contribution in [0.3, 0.4) is 0 Å². The minimum absolute atomic E-state index is 0.0604. The van der Waals surface area contributed by atoms with E-state index in [9.17, 15) is 8.78 Å². The van der Waals surface area contributed by atoms with Crippen molar-refractivity contribution in [3.63, 3.8) is 0 Å². The normalized spacial score (nSPS) is 40.7. The molecule has 1 saturated heterocycles. The highest BCUT2D eigenvalue weighted by Crippen LogP contribution is 2.50. The molecule has 1 nitrogen and oxygen atoms in total. The smallest absolute Gasteiger partial charge is 0.255 e. The first-order valence-corrected chi connectivity index (χ1v) is 4.86. The lowest BCUT2D eigenvalue weighted by Crippen LogP contribution is -2.30.